The van der Waals surface area contributed by atoms with Crippen LogP contribution in [-0.4, -0.2) is 7.05 Å². The SMILES string of the molecule is CNCc1ccc(COc2cccc3ccccc23)s1. The van der Waals surface area contributed by atoms with Crippen LogP contribution in [0.25, 0.3) is 10.8 Å². The van der Waals surface area contributed by atoms with Gasteiger partial charge >= 0.3 is 0 Å². The molecule has 0 saturated carbocycles. The van der Waals surface area contributed by atoms with Crippen molar-refractivity contribution in [1.29, 1.82) is 0 Å². The van der Waals surface area contributed by atoms with Gasteiger partial charge in [0.15, 0.2) is 0 Å². The van der Waals surface area contributed by atoms with E-state index in [1.165, 1.54) is 20.5 Å². The lowest BCUT2D eigenvalue weighted by Crippen LogP contribution is -2.02. The Bertz CT molecular complexity index is 700. The number of hydrogen-bond donors (Lipinski definition) is 1. The molecular weight excluding hydrogens is 266 g/mol. The normalized spacial score (nSPS) is 10.8. The summed E-state index contributed by atoms with van der Waals surface area (Å²) < 4.78 is 5.99. The average Bonchev–Trinajstić information content (AvgIpc) is 2.93. The molecule has 0 aliphatic heterocycles. The van der Waals surface area contributed by atoms with E-state index in [1.54, 1.807) is 11.3 Å². The van der Waals surface area contributed by atoms with Gasteiger partial charge in [-0.05, 0) is 30.6 Å². The van der Waals surface area contributed by atoms with Crippen LogP contribution in [0.1, 0.15) is 9.75 Å². The third-order valence-electron chi connectivity index (χ3n) is 3.19. The van der Waals surface area contributed by atoms with Gasteiger partial charge in [-0.2, -0.15) is 0 Å². The molecular formula is C17H17NOS. The molecule has 0 aliphatic carbocycles. The average molecular weight is 283 g/mol. The predicted octanol–water partition coefficient (Wildman–Crippen LogP) is 4.20. The van der Waals surface area contributed by atoms with E-state index >= 15 is 0 Å². The van der Waals surface area contributed by atoms with Crippen LogP contribution in [0.15, 0.2) is 54.6 Å². The molecule has 2 nitrogen and oxygen atoms in total. The lowest BCUT2D eigenvalue weighted by atomic mass is 10.1. The van der Waals surface area contributed by atoms with Gasteiger partial charge in [0.25, 0.3) is 0 Å². The van der Waals surface area contributed by atoms with E-state index < -0.39 is 0 Å². The number of rotatable bonds is 5. The molecule has 0 bridgehead atoms. The summed E-state index contributed by atoms with van der Waals surface area (Å²) in [5.74, 6) is 0.951. The van der Waals surface area contributed by atoms with Gasteiger partial charge in [0.1, 0.15) is 12.4 Å². The molecule has 0 saturated heterocycles. The first-order chi connectivity index (χ1) is 9.86. The Morgan fingerprint density at radius 1 is 0.950 bits per heavy atom. The summed E-state index contributed by atoms with van der Waals surface area (Å²) in [5.41, 5.74) is 0. The first kappa shape index (κ1) is 13.2. The highest BCUT2D eigenvalue weighted by molar-refractivity contribution is 7.11. The van der Waals surface area contributed by atoms with Crippen molar-refractivity contribution in [3.8, 4) is 5.75 Å². The molecule has 0 unspecified atom stereocenters. The van der Waals surface area contributed by atoms with Gasteiger partial charge in [0, 0.05) is 21.7 Å². The molecule has 1 N–H and O–H groups in total. The summed E-state index contributed by atoms with van der Waals surface area (Å²) in [6, 6.07) is 18.8. The van der Waals surface area contributed by atoms with Gasteiger partial charge in [0.05, 0.1) is 0 Å². The largest absolute Gasteiger partial charge is 0.487 e. The van der Waals surface area contributed by atoms with Crippen LogP contribution in [0, 0.1) is 0 Å². The van der Waals surface area contributed by atoms with Crippen molar-refractivity contribution in [2.75, 3.05) is 7.05 Å². The van der Waals surface area contributed by atoms with Gasteiger partial charge in [-0.3, -0.25) is 0 Å². The standard InChI is InChI=1S/C17H17NOS/c1-18-11-14-9-10-15(20-14)12-19-17-8-4-6-13-5-2-3-7-16(13)17/h2-10,18H,11-12H2,1H3. The van der Waals surface area contributed by atoms with Crippen molar-refractivity contribution in [1.82, 2.24) is 5.32 Å². The molecule has 2 aromatic carbocycles. The van der Waals surface area contributed by atoms with Crippen molar-refractivity contribution in [3.63, 3.8) is 0 Å². The van der Waals surface area contributed by atoms with Crippen molar-refractivity contribution in [2.45, 2.75) is 13.2 Å². The van der Waals surface area contributed by atoms with E-state index in [1.807, 2.05) is 25.2 Å². The molecule has 0 radical (unpaired) electrons. The summed E-state index contributed by atoms with van der Waals surface area (Å²) in [6.07, 6.45) is 0. The number of thiophene rings is 1. The van der Waals surface area contributed by atoms with Crippen molar-refractivity contribution < 1.29 is 4.74 Å². The molecule has 3 aromatic rings. The van der Waals surface area contributed by atoms with E-state index in [-0.39, 0.29) is 0 Å². The van der Waals surface area contributed by atoms with Gasteiger partial charge in [0.2, 0.25) is 0 Å². The Morgan fingerprint density at radius 2 is 1.75 bits per heavy atom. The number of ether oxygens (including phenoxy) is 1. The second kappa shape index (κ2) is 6.07. The molecule has 0 fully saturated rings. The minimum atomic E-state index is 0.627. The number of fused-ring (bicyclic) bond motifs is 1. The lowest BCUT2D eigenvalue weighted by molar-refractivity contribution is 0.313. The van der Waals surface area contributed by atoms with E-state index in [4.69, 9.17) is 4.74 Å². The topological polar surface area (TPSA) is 21.3 Å². The van der Waals surface area contributed by atoms with E-state index in [9.17, 15) is 0 Å². The molecule has 3 rings (SSSR count). The fraction of sp³-hybridized carbons (Fsp3) is 0.176. The van der Waals surface area contributed by atoms with Crippen LogP contribution in [0.3, 0.4) is 0 Å². The van der Waals surface area contributed by atoms with Gasteiger partial charge in [-0.1, -0.05) is 36.4 Å². The van der Waals surface area contributed by atoms with E-state index in [2.05, 4.69) is 41.7 Å². The second-order valence-corrected chi connectivity index (χ2v) is 5.92. The number of nitrogens with one attached hydrogen (secondary N) is 1. The maximum atomic E-state index is 5.99. The number of hydrogen-bond acceptors (Lipinski definition) is 3. The summed E-state index contributed by atoms with van der Waals surface area (Å²) in [4.78, 5) is 2.59. The van der Waals surface area contributed by atoms with Crippen LogP contribution in [-0.2, 0) is 13.2 Å². The molecule has 0 amide bonds. The first-order valence-electron chi connectivity index (χ1n) is 6.69. The maximum absolute atomic E-state index is 5.99. The Hall–Kier alpha value is -1.84. The van der Waals surface area contributed by atoms with Crippen LogP contribution in [0.5, 0.6) is 5.75 Å². The zero-order valence-electron chi connectivity index (χ0n) is 11.4. The molecule has 20 heavy (non-hydrogen) atoms. The highest BCUT2D eigenvalue weighted by Gasteiger charge is 2.04. The second-order valence-electron chi connectivity index (χ2n) is 4.66. The predicted molar refractivity (Wildman–Crippen MR) is 85.4 cm³/mol. The maximum Gasteiger partial charge on any atom is 0.127 e. The monoisotopic (exact) mass is 283 g/mol. The van der Waals surface area contributed by atoms with Gasteiger partial charge in [-0.25, -0.2) is 0 Å². The summed E-state index contributed by atoms with van der Waals surface area (Å²) in [5, 5.41) is 5.55. The van der Waals surface area contributed by atoms with E-state index in [0.29, 0.717) is 6.61 Å². The van der Waals surface area contributed by atoms with Crippen LogP contribution in [0.4, 0.5) is 0 Å². The molecule has 102 valence electrons. The van der Waals surface area contributed by atoms with Gasteiger partial charge in [-0.15, -0.1) is 11.3 Å². The molecule has 3 heteroatoms. The molecule has 1 heterocycles. The fourth-order valence-electron chi connectivity index (χ4n) is 2.24. The van der Waals surface area contributed by atoms with Crippen molar-refractivity contribution in [3.05, 3.63) is 64.4 Å². The zero-order valence-corrected chi connectivity index (χ0v) is 12.2. The molecule has 1 aromatic heterocycles. The molecule has 0 aliphatic rings. The third kappa shape index (κ3) is 2.84. The highest BCUT2D eigenvalue weighted by atomic mass is 32.1. The quantitative estimate of drug-likeness (QED) is 0.757. The lowest BCUT2D eigenvalue weighted by Gasteiger charge is -2.08. The van der Waals surface area contributed by atoms with Gasteiger partial charge < -0.3 is 10.1 Å². The minimum Gasteiger partial charge on any atom is -0.487 e. The van der Waals surface area contributed by atoms with Crippen molar-refractivity contribution in [2.24, 2.45) is 0 Å². The minimum absolute atomic E-state index is 0.627. The smallest absolute Gasteiger partial charge is 0.127 e. The third-order valence-corrected chi connectivity index (χ3v) is 4.25. The van der Waals surface area contributed by atoms with E-state index in [0.717, 1.165) is 12.3 Å². The Balaban J connectivity index is 1.76. The summed E-state index contributed by atoms with van der Waals surface area (Å²) in [7, 11) is 1.96. The fourth-order valence-corrected chi connectivity index (χ4v) is 3.18. The zero-order chi connectivity index (χ0) is 13.8. The van der Waals surface area contributed by atoms with Crippen LogP contribution < -0.4 is 10.1 Å². The summed E-state index contributed by atoms with van der Waals surface area (Å²) >= 11 is 1.79. The first-order valence-corrected chi connectivity index (χ1v) is 7.51. The molecule has 0 spiro atoms. The Kier molecular flexibility index (Phi) is 4.00. The van der Waals surface area contributed by atoms with Crippen LogP contribution >= 0.6 is 11.3 Å². The highest BCUT2D eigenvalue weighted by Crippen LogP contribution is 2.27. The summed E-state index contributed by atoms with van der Waals surface area (Å²) in [6.45, 7) is 1.54. The van der Waals surface area contributed by atoms with Crippen LogP contribution in [0.2, 0.25) is 0 Å². The Labute approximate surface area is 123 Å². The number of benzene rings is 2. The van der Waals surface area contributed by atoms with Crippen molar-refractivity contribution >= 4 is 22.1 Å². The molecule has 0 atom stereocenters. The Morgan fingerprint density at radius 3 is 2.65 bits per heavy atom.